The number of nitrogens with one attached hydrogen (secondary N) is 1. The van der Waals surface area contributed by atoms with E-state index in [1.807, 2.05) is 22.2 Å². The number of ketones is 1. The van der Waals surface area contributed by atoms with Crippen LogP contribution in [0.25, 0.3) is 10.6 Å². The van der Waals surface area contributed by atoms with Crippen molar-refractivity contribution in [3.63, 3.8) is 0 Å². The first-order valence-electron chi connectivity index (χ1n) is 9.21. The van der Waals surface area contributed by atoms with Crippen molar-refractivity contribution in [3.8, 4) is 10.6 Å². The maximum absolute atomic E-state index is 13.1. The molecule has 1 aromatic carbocycles. The van der Waals surface area contributed by atoms with Crippen molar-refractivity contribution in [3.05, 3.63) is 53.5 Å². The van der Waals surface area contributed by atoms with E-state index < -0.39 is 10.0 Å². The summed E-state index contributed by atoms with van der Waals surface area (Å²) in [6, 6.07) is 10.4. The van der Waals surface area contributed by atoms with Gasteiger partial charge in [-0.1, -0.05) is 18.9 Å². The van der Waals surface area contributed by atoms with Gasteiger partial charge in [-0.2, -0.15) is 5.10 Å². The fraction of sp³-hybridized carbons (Fsp3) is 0.300. The van der Waals surface area contributed by atoms with E-state index in [9.17, 15) is 13.2 Å². The van der Waals surface area contributed by atoms with Crippen LogP contribution in [-0.2, 0) is 10.0 Å². The van der Waals surface area contributed by atoms with Crippen LogP contribution in [0.15, 0.2) is 52.9 Å². The van der Waals surface area contributed by atoms with Crippen molar-refractivity contribution >= 4 is 32.8 Å². The van der Waals surface area contributed by atoms with Crippen LogP contribution in [0.5, 0.6) is 0 Å². The zero-order chi connectivity index (χ0) is 19.7. The lowest BCUT2D eigenvalue weighted by atomic mass is 10.1. The number of thiophene rings is 1. The van der Waals surface area contributed by atoms with E-state index in [0.29, 0.717) is 16.9 Å². The summed E-state index contributed by atoms with van der Waals surface area (Å²) in [6.45, 7) is 1.48. The van der Waals surface area contributed by atoms with Gasteiger partial charge in [-0.25, -0.2) is 8.42 Å². The largest absolute Gasteiger partial charge is 0.295 e. The molecule has 0 bridgehead atoms. The van der Waals surface area contributed by atoms with Crippen molar-refractivity contribution in [1.82, 2.24) is 9.78 Å². The average molecular weight is 416 g/mol. The lowest BCUT2D eigenvalue weighted by Gasteiger charge is -2.09. The van der Waals surface area contributed by atoms with E-state index in [-0.39, 0.29) is 16.7 Å². The SMILES string of the molecule is CC(=O)c1ccc(NS(=O)(=O)c2cn(C3CCCC3)nc2-c2cccs2)cc1. The highest BCUT2D eigenvalue weighted by molar-refractivity contribution is 7.92. The number of hydrogen-bond donors (Lipinski definition) is 1. The van der Waals surface area contributed by atoms with Crippen LogP contribution in [0.4, 0.5) is 5.69 Å². The number of carbonyl (C=O) groups excluding carboxylic acids is 1. The summed E-state index contributed by atoms with van der Waals surface area (Å²) >= 11 is 1.47. The molecule has 146 valence electrons. The van der Waals surface area contributed by atoms with E-state index in [2.05, 4.69) is 9.82 Å². The smallest absolute Gasteiger partial charge is 0.265 e. The van der Waals surface area contributed by atoms with Gasteiger partial charge in [-0.15, -0.1) is 11.3 Å². The Morgan fingerprint density at radius 3 is 2.50 bits per heavy atom. The van der Waals surface area contributed by atoms with Gasteiger partial charge in [-0.05, 0) is 55.5 Å². The first-order chi connectivity index (χ1) is 13.4. The third kappa shape index (κ3) is 3.74. The highest BCUT2D eigenvalue weighted by Gasteiger charge is 2.27. The summed E-state index contributed by atoms with van der Waals surface area (Å²) in [5, 5.41) is 6.55. The van der Waals surface area contributed by atoms with Crippen molar-refractivity contribution < 1.29 is 13.2 Å². The Kier molecular flexibility index (Phi) is 5.07. The van der Waals surface area contributed by atoms with Gasteiger partial charge >= 0.3 is 0 Å². The Labute approximate surface area is 168 Å². The van der Waals surface area contributed by atoms with Crippen LogP contribution < -0.4 is 4.72 Å². The van der Waals surface area contributed by atoms with E-state index in [4.69, 9.17) is 0 Å². The Hall–Kier alpha value is -2.45. The van der Waals surface area contributed by atoms with Gasteiger partial charge in [0, 0.05) is 17.4 Å². The number of hydrogen-bond acceptors (Lipinski definition) is 5. The molecule has 0 radical (unpaired) electrons. The van der Waals surface area contributed by atoms with Crippen LogP contribution in [0.1, 0.15) is 49.0 Å². The summed E-state index contributed by atoms with van der Waals surface area (Å²) < 4.78 is 30.7. The fourth-order valence-corrected chi connectivity index (χ4v) is 5.49. The standard InChI is InChI=1S/C20H21N3O3S2/c1-14(24)15-8-10-16(11-9-15)22-28(25,26)19-13-23(17-5-2-3-6-17)21-20(19)18-7-4-12-27-18/h4,7-13,17,22H,2-3,5-6H2,1H3. The molecule has 28 heavy (non-hydrogen) atoms. The summed E-state index contributed by atoms with van der Waals surface area (Å²) in [6.07, 6.45) is 5.97. The Morgan fingerprint density at radius 2 is 1.89 bits per heavy atom. The highest BCUT2D eigenvalue weighted by Crippen LogP contribution is 2.35. The molecule has 0 aliphatic heterocycles. The summed E-state index contributed by atoms with van der Waals surface area (Å²) in [5.74, 6) is -0.0628. The number of Topliss-reactive ketones (excluding diaryl/α,β-unsaturated/α-hetero) is 1. The van der Waals surface area contributed by atoms with Crippen molar-refractivity contribution in [2.75, 3.05) is 4.72 Å². The monoisotopic (exact) mass is 415 g/mol. The minimum absolute atomic E-state index is 0.0628. The second kappa shape index (κ2) is 7.52. The Bertz CT molecular complexity index is 1080. The summed E-state index contributed by atoms with van der Waals surface area (Å²) in [4.78, 5) is 12.4. The number of aromatic nitrogens is 2. The van der Waals surface area contributed by atoms with E-state index in [0.717, 1.165) is 30.6 Å². The predicted octanol–water partition coefficient (Wildman–Crippen LogP) is 4.73. The minimum atomic E-state index is -3.82. The normalized spacial score (nSPS) is 15.0. The van der Waals surface area contributed by atoms with Gasteiger partial charge in [-0.3, -0.25) is 14.2 Å². The molecule has 1 aliphatic rings. The molecule has 0 spiro atoms. The van der Waals surface area contributed by atoms with E-state index >= 15 is 0 Å². The van der Waals surface area contributed by atoms with Crippen molar-refractivity contribution in [2.24, 2.45) is 0 Å². The molecule has 0 atom stereocenters. The van der Waals surface area contributed by atoms with Gasteiger partial charge in [0.15, 0.2) is 5.78 Å². The van der Waals surface area contributed by atoms with Gasteiger partial charge in [0.1, 0.15) is 10.6 Å². The zero-order valence-corrected chi connectivity index (χ0v) is 17.1. The molecular weight excluding hydrogens is 394 g/mol. The van der Waals surface area contributed by atoms with Crippen LogP contribution in [0, 0.1) is 0 Å². The molecule has 1 fully saturated rings. The molecule has 4 rings (SSSR count). The minimum Gasteiger partial charge on any atom is -0.295 e. The van der Waals surface area contributed by atoms with Crippen LogP contribution in [-0.4, -0.2) is 24.0 Å². The number of rotatable bonds is 6. The van der Waals surface area contributed by atoms with Gasteiger partial charge in [0.2, 0.25) is 0 Å². The first-order valence-corrected chi connectivity index (χ1v) is 11.6. The number of benzene rings is 1. The molecule has 1 N–H and O–H groups in total. The highest BCUT2D eigenvalue weighted by atomic mass is 32.2. The zero-order valence-electron chi connectivity index (χ0n) is 15.5. The molecule has 0 amide bonds. The topological polar surface area (TPSA) is 81.1 Å². The Morgan fingerprint density at radius 1 is 1.18 bits per heavy atom. The maximum Gasteiger partial charge on any atom is 0.265 e. The molecule has 8 heteroatoms. The Balaban J connectivity index is 1.70. The van der Waals surface area contributed by atoms with E-state index in [1.165, 1.54) is 18.3 Å². The lowest BCUT2D eigenvalue weighted by molar-refractivity contribution is 0.101. The maximum atomic E-state index is 13.1. The number of carbonyl (C=O) groups is 1. The molecule has 1 saturated carbocycles. The fourth-order valence-electron chi connectivity index (χ4n) is 3.49. The predicted molar refractivity (Wildman–Crippen MR) is 110 cm³/mol. The second-order valence-electron chi connectivity index (χ2n) is 6.98. The molecule has 2 heterocycles. The second-order valence-corrected chi connectivity index (χ2v) is 9.58. The van der Waals surface area contributed by atoms with Crippen molar-refractivity contribution in [2.45, 2.75) is 43.5 Å². The summed E-state index contributed by atoms with van der Waals surface area (Å²) in [7, 11) is -3.82. The molecule has 1 aliphatic carbocycles. The third-order valence-corrected chi connectivity index (χ3v) is 7.24. The first kappa shape index (κ1) is 18.9. The average Bonchev–Trinajstić information content (AvgIpc) is 3.40. The lowest BCUT2D eigenvalue weighted by Crippen LogP contribution is -2.13. The van der Waals surface area contributed by atoms with Crippen molar-refractivity contribution in [1.29, 1.82) is 0 Å². The van der Waals surface area contributed by atoms with Crippen LogP contribution in [0.3, 0.4) is 0 Å². The quantitative estimate of drug-likeness (QED) is 0.590. The number of anilines is 1. The third-order valence-electron chi connectivity index (χ3n) is 4.98. The van der Waals surface area contributed by atoms with Crippen LogP contribution in [0.2, 0.25) is 0 Å². The van der Waals surface area contributed by atoms with Crippen LogP contribution >= 0.6 is 11.3 Å². The molecule has 3 aromatic rings. The summed E-state index contributed by atoms with van der Waals surface area (Å²) in [5.41, 5.74) is 1.43. The molecule has 0 saturated heterocycles. The van der Waals surface area contributed by atoms with Gasteiger partial charge < -0.3 is 0 Å². The molecule has 6 nitrogen and oxygen atoms in total. The molecular formula is C20H21N3O3S2. The van der Waals surface area contributed by atoms with E-state index in [1.54, 1.807) is 30.5 Å². The molecule has 0 unspecified atom stereocenters. The number of nitrogens with zero attached hydrogens (tertiary/aromatic N) is 2. The van der Waals surface area contributed by atoms with Gasteiger partial charge in [0.25, 0.3) is 10.0 Å². The van der Waals surface area contributed by atoms with Gasteiger partial charge in [0.05, 0.1) is 10.9 Å². The number of sulfonamides is 1. The molecule has 2 aromatic heterocycles.